The lowest BCUT2D eigenvalue weighted by atomic mass is 10.2. The van der Waals surface area contributed by atoms with E-state index in [0.717, 1.165) is 0 Å². The Morgan fingerprint density at radius 3 is 2.62 bits per heavy atom. The van der Waals surface area contributed by atoms with Crippen LogP contribution in [0.4, 0.5) is 0 Å². The van der Waals surface area contributed by atoms with Crippen molar-refractivity contribution in [2.75, 3.05) is 6.61 Å². The summed E-state index contributed by atoms with van der Waals surface area (Å²) in [4.78, 5) is 20.2. The van der Waals surface area contributed by atoms with Crippen molar-refractivity contribution >= 4 is 32.8 Å². The van der Waals surface area contributed by atoms with Crippen molar-refractivity contribution in [2.45, 2.75) is 6.92 Å². The van der Waals surface area contributed by atoms with E-state index >= 15 is 0 Å². The summed E-state index contributed by atoms with van der Waals surface area (Å²) in [6, 6.07) is 12.4. The van der Waals surface area contributed by atoms with E-state index < -0.39 is 5.97 Å². The molecule has 24 heavy (non-hydrogen) atoms. The molecule has 3 rings (SSSR count). The molecule has 1 N–H and O–H groups in total. The first-order valence-electron chi connectivity index (χ1n) is 7.19. The van der Waals surface area contributed by atoms with Gasteiger partial charge in [0, 0.05) is 11.5 Å². The van der Waals surface area contributed by atoms with Crippen molar-refractivity contribution in [2.24, 2.45) is 0 Å². The second-order valence-corrected chi connectivity index (χ2v) is 5.53. The molecule has 0 spiro atoms. The highest BCUT2D eigenvalue weighted by Crippen LogP contribution is 2.33. The highest BCUT2D eigenvalue weighted by atomic mass is 79.9. The highest BCUT2D eigenvalue weighted by Gasteiger charge is 2.20. The number of para-hydroxylation sites is 1. The minimum Gasteiger partial charge on any atom is -0.505 e. The number of carbonyl (C=O) groups is 1. The monoisotopic (exact) mass is 388 g/mol. The lowest BCUT2D eigenvalue weighted by Gasteiger charge is -2.10. The quantitative estimate of drug-likeness (QED) is 0.535. The summed E-state index contributed by atoms with van der Waals surface area (Å²) in [5, 5.41) is 10.7. The second-order valence-electron chi connectivity index (χ2n) is 4.78. The molecule has 2 aromatic heterocycles. The van der Waals surface area contributed by atoms with Gasteiger partial charge in [-0.1, -0.05) is 18.2 Å². The van der Waals surface area contributed by atoms with Gasteiger partial charge in [0.15, 0.2) is 11.4 Å². The first kappa shape index (κ1) is 16.2. The van der Waals surface area contributed by atoms with E-state index in [4.69, 9.17) is 9.47 Å². The number of carbonyl (C=O) groups excluding carboxylic acids is 1. The number of pyridine rings is 2. The predicted octanol–water partition coefficient (Wildman–Crippen LogP) is 4.07. The number of fused-ring (bicyclic) bond motifs is 1. The normalized spacial score (nSPS) is 10.6. The number of aromatic hydroxyl groups is 1. The summed E-state index contributed by atoms with van der Waals surface area (Å²) in [6.45, 7) is 1.87. The summed E-state index contributed by atoms with van der Waals surface area (Å²) >= 11 is 3.27. The number of hydrogen-bond donors (Lipinski definition) is 1. The van der Waals surface area contributed by atoms with Gasteiger partial charge in [-0.25, -0.2) is 14.8 Å². The number of esters is 1. The molecule has 1 aromatic carbocycles. The van der Waals surface area contributed by atoms with E-state index in [0.29, 0.717) is 27.1 Å². The minimum absolute atomic E-state index is 0.158. The minimum atomic E-state index is -0.692. The topological polar surface area (TPSA) is 81.5 Å². The van der Waals surface area contributed by atoms with Gasteiger partial charge in [0.25, 0.3) is 0 Å². The number of hydrogen-bond acceptors (Lipinski definition) is 6. The molecule has 2 heterocycles. The number of aromatic nitrogens is 2. The Balaban J connectivity index is 2.03. The van der Waals surface area contributed by atoms with Gasteiger partial charge in [0.1, 0.15) is 15.9 Å². The zero-order valence-corrected chi connectivity index (χ0v) is 14.3. The molecule has 0 amide bonds. The summed E-state index contributed by atoms with van der Waals surface area (Å²) in [7, 11) is 0. The van der Waals surface area contributed by atoms with E-state index in [2.05, 4.69) is 25.9 Å². The third-order valence-corrected chi connectivity index (χ3v) is 3.74. The molecule has 0 saturated heterocycles. The Morgan fingerprint density at radius 2 is 1.92 bits per heavy atom. The molecule has 0 unspecified atom stereocenters. The van der Waals surface area contributed by atoms with E-state index in [1.54, 1.807) is 31.2 Å². The van der Waals surface area contributed by atoms with Crippen molar-refractivity contribution in [3.63, 3.8) is 0 Å². The summed E-state index contributed by atoms with van der Waals surface area (Å²) < 4.78 is 10.9. The Labute approximate surface area is 146 Å². The van der Waals surface area contributed by atoms with Crippen LogP contribution in [-0.4, -0.2) is 27.7 Å². The van der Waals surface area contributed by atoms with Crippen LogP contribution in [-0.2, 0) is 4.74 Å². The first-order chi connectivity index (χ1) is 11.6. The number of halogens is 1. The molecule has 0 fully saturated rings. The van der Waals surface area contributed by atoms with E-state index in [9.17, 15) is 9.90 Å². The van der Waals surface area contributed by atoms with Gasteiger partial charge in [0.2, 0.25) is 5.88 Å². The molecule has 3 aromatic rings. The standard InChI is InChI=1S/C17H13BrN2O4/c1-2-23-17(22)14-15(21)11-8-9-12(19-13(11)16(18)20-14)24-10-6-4-3-5-7-10/h3-9,21H,2H2,1H3. The van der Waals surface area contributed by atoms with Gasteiger partial charge < -0.3 is 14.6 Å². The molecule has 0 atom stereocenters. The van der Waals surface area contributed by atoms with Crippen molar-refractivity contribution < 1.29 is 19.4 Å². The summed E-state index contributed by atoms with van der Waals surface area (Å²) in [5.41, 5.74) is 0.226. The number of ether oxygens (including phenoxy) is 2. The summed E-state index contributed by atoms with van der Waals surface area (Å²) in [6.07, 6.45) is 0. The maximum atomic E-state index is 11.9. The number of benzene rings is 1. The maximum Gasteiger partial charge on any atom is 0.360 e. The van der Waals surface area contributed by atoms with Gasteiger partial charge in [-0.2, -0.15) is 0 Å². The second kappa shape index (κ2) is 6.84. The van der Waals surface area contributed by atoms with Crippen LogP contribution in [0, 0.1) is 0 Å². The fraction of sp³-hybridized carbons (Fsp3) is 0.118. The van der Waals surface area contributed by atoms with Crippen molar-refractivity contribution in [1.82, 2.24) is 9.97 Å². The third-order valence-electron chi connectivity index (χ3n) is 3.19. The predicted molar refractivity (Wildman–Crippen MR) is 91.4 cm³/mol. The Kier molecular flexibility index (Phi) is 4.61. The van der Waals surface area contributed by atoms with E-state index in [1.807, 2.05) is 18.2 Å². The fourth-order valence-electron chi connectivity index (χ4n) is 2.13. The van der Waals surface area contributed by atoms with Crippen LogP contribution in [0.5, 0.6) is 17.4 Å². The van der Waals surface area contributed by atoms with Gasteiger partial charge in [-0.15, -0.1) is 0 Å². The van der Waals surface area contributed by atoms with Gasteiger partial charge in [-0.3, -0.25) is 0 Å². The summed E-state index contributed by atoms with van der Waals surface area (Å²) in [5.74, 6) is 0.0212. The largest absolute Gasteiger partial charge is 0.505 e. The molecular formula is C17H13BrN2O4. The first-order valence-corrected chi connectivity index (χ1v) is 7.98. The Hall–Kier alpha value is -2.67. The van der Waals surface area contributed by atoms with Crippen LogP contribution in [0.2, 0.25) is 0 Å². The molecule has 0 saturated carbocycles. The van der Waals surface area contributed by atoms with Crippen molar-refractivity contribution in [3.05, 3.63) is 52.8 Å². The van der Waals surface area contributed by atoms with Gasteiger partial charge in [-0.05, 0) is 41.1 Å². The Bertz CT molecular complexity index is 900. The van der Waals surface area contributed by atoms with Crippen LogP contribution in [0.1, 0.15) is 17.4 Å². The molecule has 0 aliphatic heterocycles. The Morgan fingerprint density at radius 1 is 1.17 bits per heavy atom. The molecule has 0 bridgehead atoms. The van der Waals surface area contributed by atoms with Crippen LogP contribution in [0.3, 0.4) is 0 Å². The van der Waals surface area contributed by atoms with E-state index in [1.165, 1.54) is 0 Å². The molecule has 7 heteroatoms. The smallest absolute Gasteiger partial charge is 0.360 e. The molecule has 0 aliphatic carbocycles. The number of nitrogens with zero attached hydrogens (tertiary/aromatic N) is 2. The molecule has 0 aliphatic rings. The number of rotatable bonds is 4. The maximum absolute atomic E-state index is 11.9. The van der Waals surface area contributed by atoms with Crippen molar-refractivity contribution in [1.29, 1.82) is 0 Å². The van der Waals surface area contributed by atoms with Crippen LogP contribution < -0.4 is 4.74 Å². The molecular weight excluding hydrogens is 376 g/mol. The lowest BCUT2D eigenvalue weighted by molar-refractivity contribution is 0.0516. The molecule has 6 nitrogen and oxygen atoms in total. The zero-order chi connectivity index (χ0) is 17.1. The van der Waals surface area contributed by atoms with E-state index in [-0.39, 0.29) is 18.1 Å². The lowest BCUT2D eigenvalue weighted by Crippen LogP contribution is -2.08. The van der Waals surface area contributed by atoms with Crippen molar-refractivity contribution in [3.8, 4) is 17.4 Å². The average molecular weight is 389 g/mol. The highest BCUT2D eigenvalue weighted by molar-refractivity contribution is 9.10. The van der Waals surface area contributed by atoms with Crippen LogP contribution in [0.15, 0.2) is 47.1 Å². The zero-order valence-electron chi connectivity index (χ0n) is 12.7. The van der Waals surface area contributed by atoms with Crippen LogP contribution >= 0.6 is 15.9 Å². The fourth-order valence-corrected chi connectivity index (χ4v) is 2.61. The van der Waals surface area contributed by atoms with Crippen LogP contribution in [0.25, 0.3) is 10.9 Å². The molecule has 0 radical (unpaired) electrons. The van der Waals surface area contributed by atoms with Gasteiger partial charge >= 0.3 is 5.97 Å². The SMILES string of the molecule is CCOC(=O)c1nc(Br)c2nc(Oc3ccccc3)ccc2c1O. The third kappa shape index (κ3) is 3.16. The average Bonchev–Trinajstić information content (AvgIpc) is 2.59. The van der Waals surface area contributed by atoms with Gasteiger partial charge in [0.05, 0.1) is 6.61 Å². The molecule has 122 valence electrons.